The zero-order valence-corrected chi connectivity index (χ0v) is 47.3. The first-order valence-electron chi connectivity index (χ1n) is 27.9. The Kier molecular flexibility index (Phi) is 17.5. The molecular weight excluding hydrogens is 989 g/mol. The van der Waals surface area contributed by atoms with Crippen molar-refractivity contribution < 1.29 is 23.7 Å². The molecule has 2 aliphatic heterocycles. The number of aryl methyl sites for hydroxylation is 1. The number of rotatable bonds is 28. The molecule has 0 saturated carbocycles. The second kappa shape index (κ2) is 24.7. The second-order valence-electron chi connectivity index (χ2n) is 20.4. The Morgan fingerprint density at radius 2 is 0.676 bits per heavy atom. The van der Waals surface area contributed by atoms with Crippen molar-refractivity contribution in [1.29, 1.82) is 0 Å². The van der Waals surface area contributed by atoms with Gasteiger partial charge in [0.05, 0.1) is 48.7 Å². The van der Waals surface area contributed by atoms with Gasteiger partial charge in [-0.1, -0.05) is 183 Å². The molecule has 1 atom stereocenters. The Labute approximate surface area is 456 Å². The monoisotopic (exact) mass is 1060 g/mol. The van der Waals surface area contributed by atoms with Crippen molar-refractivity contribution in [3.63, 3.8) is 0 Å². The Morgan fingerprint density at radius 3 is 1.01 bits per heavy atom. The van der Waals surface area contributed by atoms with Crippen molar-refractivity contribution in [3.05, 3.63) is 159 Å². The first-order chi connectivity index (χ1) is 36.5. The average Bonchev–Trinajstić information content (AvgIpc) is 4.29. The highest BCUT2D eigenvalue weighted by molar-refractivity contribution is 7.34. The predicted molar refractivity (Wildman–Crippen MR) is 314 cm³/mol. The molecule has 5 nitrogen and oxygen atoms in total. The smallest absolute Gasteiger partial charge is 0.187 e. The van der Waals surface area contributed by atoms with Crippen molar-refractivity contribution >= 4 is 54.7 Å². The highest BCUT2D eigenvalue weighted by Gasteiger charge is 2.53. The summed E-state index contributed by atoms with van der Waals surface area (Å²) in [5.41, 5.74) is 5.93. The summed E-state index contributed by atoms with van der Waals surface area (Å²) >= 11 is 7.31. The molecule has 0 bridgehead atoms. The maximum Gasteiger partial charge on any atom is 0.187 e. The lowest BCUT2D eigenvalue weighted by atomic mass is 9.77. The molecule has 2 aliphatic rings. The average molecular weight is 1060 g/mol. The van der Waals surface area contributed by atoms with Crippen LogP contribution in [0.5, 0.6) is 28.7 Å². The van der Waals surface area contributed by atoms with Crippen LogP contribution in [0.4, 0.5) is 0 Å². The van der Waals surface area contributed by atoms with E-state index in [-0.39, 0.29) is 0 Å². The van der Waals surface area contributed by atoms with Crippen LogP contribution in [0.3, 0.4) is 0 Å². The molecule has 0 fully saturated rings. The predicted octanol–water partition coefficient (Wildman–Crippen LogP) is 20.3. The fraction of sp³-hybridized carbons (Fsp3) is 0.415. The molecule has 0 radical (unpaired) electrons. The lowest BCUT2D eigenvalue weighted by molar-refractivity contribution is 0.154. The topological polar surface area (TPSA) is 46.2 Å². The van der Waals surface area contributed by atoms with Crippen LogP contribution in [0.1, 0.15) is 175 Å². The van der Waals surface area contributed by atoms with Crippen LogP contribution in [0, 0.1) is 6.92 Å². The van der Waals surface area contributed by atoms with E-state index in [2.05, 4.69) is 148 Å². The Bertz CT molecular complexity index is 2950. The van der Waals surface area contributed by atoms with E-state index in [0.29, 0.717) is 13.2 Å². The van der Waals surface area contributed by atoms with Gasteiger partial charge >= 0.3 is 0 Å². The first-order valence-corrected chi connectivity index (χ1v) is 31.3. The third kappa shape index (κ3) is 10.8. The Hall–Kier alpha value is -5.06. The minimum absolute atomic E-state index is 0.714. The van der Waals surface area contributed by atoms with E-state index in [1.54, 1.807) is 22.7 Å². The summed E-state index contributed by atoms with van der Waals surface area (Å²) < 4.78 is 37.0. The number of hydrogen-bond acceptors (Lipinski definition) is 9. The normalized spacial score (nSPS) is 15.2. The van der Waals surface area contributed by atoms with Gasteiger partial charge in [-0.25, -0.2) is 0 Å². The zero-order valence-electron chi connectivity index (χ0n) is 44.1. The van der Waals surface area contributed by atoms with Gasteiger partial charge in [0.25, 0.3) is 0 Å². The van der Waals surface area contributed by atoms with Gasteiger partial charge in [-0.15, -0.1) is 45.3 Å². The molecule has 9 heteroatoms. The summed E-state index contributed by atoms with van der Waals surface area (Å²) in [7, 11) is 0. The zero-order chi connectivity index (χ0) is 50.7. The number of thiophene rings is 4. The van der Waals surface area contributed by atoms with Crippen molar-refractivity contribution in [1.82, 2.24) is 0 Å². The van der Waals surface area contributed by atoms with Crippen LogP contribution in [-0.4, -0.2) is 19.8 Å². The maximum atomic E-state index is 7.69. The lowest BCUT2D eigenvalue weighted by Gasteiger charge is -2.39. The van der Waals surface area contributed by atoms with Gasteiger partial charge in [0.2, 0.25) is 0 Å². The molecule has 0 N–H and O–H groups in total. The molecule has 0 amide bonds. The third-order valence-corrected chi connectivity index (χ3v) is 19.6. The summed E-state index contributed by atoms with van der Waals surface area (Å²) in [6, 6.07) is 39.7. The molecule has 4 aromatic heterocycles. The molecule has 8 aromatic rings. The second-order valence-corrected chi connectivity index (χ2v) is 24.2. The molecule has 74 heavy (non-hydrogen) atoms. The molecule has 0 aliphatic carbocycles. The van der Waals surface area contributed by atoms with E-state index in [9.17, 15) is 0 Å². The van der Waals surface area contributed by atoms with E-state index < -0.39 is 11.2 Å². The fourth-order valence-corrected chi connectivity index (χ4v) is 15.9. The maximum absolute atomic E-state index is 7.69. The standard InChI is InChI=1S/C65H74O5S4/c1-5-8-11-14-17-20-41-66-51-33-27-48(28-34-51)64(47-25-23-46(4)24-26-47)56-60(58-54(69-64)39-44-71-58)73-63-57-61(74-62(56)63)59-55(40-45-72-59)70-65(57,49-29-35-52(36-30-49)67-42-21-18-15-12-9-6-2)50-31-37-53(38-32-50)68-43-22-19-16-13-10-7-3/h23-40,44-45H,5-22,41-43H2,1-4H3. The number of benzene rings is 4. The number of ether oxygens (including phenoxy) is 5. The van der Waals surface area contributed by atoms with Gasteiger partial charge in [-0.2, -0.15) is 0 Å². The SMILES string of the molecule is CCCCCCCCOc1ccc(C2(c3ccc(C)cc3)Oc3ccsc3-c3sc4c5c(sc4c32)-c2sccc2OC5(c2ccc(OCCCCCCCC)cc2)c2ccc(OCCCCCCCC)cc2)cc1. The van der Waals surface area contributed by atoms with Gasteiger partial charge in [0, 0.05) is 33.4 Å². The van der Waals surface area contributed by atoms with Gasteiger partial charge in [-0.05, 0) is 85.5 Å². The van der Waals surface area contributed by atoms with Crippen LogP contribution in [0.25, 0.3) is 28.9 Å². The van der Waals surface area contributed by atoms with Crippen molar-refractivity contribution in [2.24, 2.45) is 0 Å². The summed E-state index contributed by atoms with van der Waals surface area (Å²) in [6.07, 6.45) is 22.2. The molecule has 0 saturated heterocycles. The van der Waals surface area contributed by atoms with E-state index in [0.717, 1.165) is 81.7 Å². The van der Waals surface area contributed by atoms with E-state index in [1.165, 1.54) is 137 Å². The summed E-state index contributed by atoms with van der Waals surface area (Å²) in [5, 5.41) is 4.36. The largest absolute Gasteiger partial charge is 0.494 e. The number of unbranched alkanes of at least 4 members (excludes halogenated alkanes) is 15. The summed E-state index contributed by atoms with van der Waals surface area (Å²) in [4.78, 5) is 4.82. The Morgan fingerprint density at radius 1 is 0.365 bits per heavy atom. The molecular formula is C65H74O5S4. The van der Waals surface area contributed by atoms with Crippen LogP contribution in [0.15, 0.2) is 120 Å². The van der Waals surface area contributed by atoms with Crippen molar-refractivity contribution in [2.45, 2.75) is 154 Å². The van der Waals surface area contributed by atoms with E-state index >= 15 is 0 Å². The lowest BCUT2D eigenvalue weighted by Crippen LogP contribution is -2.38. The van der Waals surface area contributed by atoms with Crippen LogP contribution >= 0.6 is 45.3 Å². The van der Waals surface area contributed by atoms with Crippen molar-refractivity contribution in [2.75, 3.05) is 19.8 Å². The van der Waals surface area contributed by atoms with Crippen LogP contribution in [-0.2, 0) is 11.2 Å². The highest BCUT2D eigenvalue weighted by atomic mass is 32.1. The minimum atomic E-state index is -0.995. The third-order valence-electron chi connectivity index (χ3n) is 15.0. The number of fused-ring (bicyclic) bond motifs is 9. The van der Waals surface area contributed by atoms with Crippen LogP contribution < -0.4 is 23.7 Å². The molecule has 0 spiro atoms. The van der Waals surface area contributed by atoms with Crippen LogP contribution in [0.2, 0.25) is 0 Å². The van der Waals surface area contributed by atoms with Gasteiger partial charge in [-0.3, -0.25) is 0 Å². The molecule has 6 heterocycles. The summed E-state index contributed by atoms with van der Waals surface area (Å²) in [5.74, 6) is 4.46. The first kappa shape index (κ1) is 52.4. The molecule has 1 unspecified atom stereocenters. The summed E-state index contributed by atoms with van der Waals surface area (Å²) in [6.45, 7) is 11.1. The van der Waals surface area contributed by atoms with Gasteiger partial charge < -0.3 is 23.7 Å². The highest BCUT2D eigenvalue weighted by Crippen LogP contribution is 2.65. The van der Waals surface area contributed by atoms with Crippen molar-refractivity contribution in [3.8, 4) is 48.3 Å². The number of hydrogen-bond donors (Lipinski definition) is 0. The minimum Gasteiger partial charge on any atom is -0.494 e. The van der Waals surface area contributed by atoms with Gasteiger partial charge in [0.1, 0.15) is 28.7 Å². The van der Waals surface area contributed by atoms with E-state index in [1.807, 2.05) is 22.7 Å². The molecule has 10 rings (SSSR count). The van der Waals surface area contributed by atoms with Gasteiger partial charge in [0.15, 0.2) is 11.2 Å². The quantitative estimate of drug-likeness (QED) is 0.0458. The van der Waals surface area contributed by atoms with E-state index in [4.69, 9.17) is 23.7 Å². The molecule has 388 valence electrons. The Balaban J connectivity index is 1.09. The molecule has 4 aromatic carbocycles. The fourth-order valence-electron chi connectivity index (χ4n) is 10.9.